The van der Waals surface area contributed by atoms with Crippen LogP contribution in [0.4, 0.5) is 4.79 Å². The average Bonchev–Trinajstić information content (AvgIpc) is 2.65. The van der Waals surface area contributed by atoms with Gasteiger partial charge in [0.1, 0.15) is 0 Å². The summed E-state index contributed by atoms with van der Waals surface area (Å²) in [6.07, 6.45) is 2.57. The summed E-state index contributed by atoms with van der Waals surface area (Å²) >= 11 is 1.45. The van der Waals surface area contributed by atoms with Gasteiger partial charge in [-0.15, -0.1) is 0 Å². The molecule has 2 saturated heterocycles. The largest absolute Gasteiger partial charge is 0.320 e. The van der Waals surface area contributed by atoms with Crippen molar-refractivity contribution >= 4 is 17.0 Å². The van der Waals surface area contributed by atoms with Gasteiger partial charge in [0.05, 0.1) is 6.67 Å². The Morgan fingerprint density at radius 2 is 2.38 bits per heavy atom. The van der Waals surface area contributed by atoms with E-state index in [9.17, 15) is 4.79 Å². The Morgan fingerprint density at radius 1 is 1.54 bits per heavy atom. The van der Waals surface area contributed by atoms with Crippen LogP contribution in [0.15, 0.2) is 0 Å². The van der Waals surface area contributed by atoms with Crippen molar-refractivity contribution in [3.8, 4) is 0 Å². The summed E-state index contributed by atoms with van der Waals surface area (Å²) in [6.45, 7) is 5.20. The molecule has 0 aromatic rings. The fraction of sp³-hybridized carbons (Fsp3) is 0.889. The second-order valence-corrected chi connectivity index (χ2v) is 4.87. The molecule has 0 spiro atoms. The minimum absolute atomic E-state index is 0.263. The molecule has 0 aromatic carbocycles. The van der Waals surface area contributed by atoms with Gasteiger partial charge in [-0.2, -0.15) is 0 Å². The number of carbonyl (C=O) groups is 1. The molecule has 1 atom stereocenters. The molecular weight excluding hydrogens is 184 g/mol. The molecule has 1 unspecified atom stereocenters. The summed E-state index contributed by atoms with van der Waals surface area (Å²) in [5, 5.41) is 0.263. The van der Waals surface area contributed by atoms with Crippen LogP contribution >= 0.6 is 11.8 Å². The Balaban J connectivity index is 1.86. The van der Waals surface area contributed by atoms with Crippen molar-refractivity contribution in [2.24, 2.45) is 0 Å². The summed E-state index contributed by atoms with van der Waals surface area (Å²) in [7, 11) is 0. The van der Waals surface area contributed by atoms with E-state index in [1.807, 2.05) is 4.90 Å². The van der Waals surface area contributed by atoms with Gasteiger partial charge in [-0.3, -0.25) is 9.69 Å². The summed E-state index contributed by atoms with van der Waals surface area (Å²) in [4.78, 5) is 15.7. The van der Waals surface area contributed by atoms with Crippen LogP contribution < -0.4 is 0 Å². The molecule has 2 aliphatic rings. The van der Waals surface area contributed by atoms with Crippen LogP contribution in [-0.4, -0.2) is 46.6 Å². The molecule has 0 N–H and O–H groups in total. The lowest BCUT2D eigenvalue weighted by Crippen LogP contribution is -2.39. The van der Waals surface area contributed by atoms with Crippen LogP contribution in [0, 0.1) is 0 Å². The first kappa shape index (κ1) is 9.34. The minimum atomic E-state index is 0.263. The molecule has 0 aromatic heterocycles. The smallest absolute Gasteiger partial charge is 0.282 e. The van der Waals surface area contributed by atoms with Crippen molar-refractivity contribution in [3.63, 3.8) is 0 Å². The van der Waals surface area contributed by atoms with Crippen LogP contribution in [0.2, 0.25) is 0 Å². The molecule has 0 radical (unpaired) electrons. The van der Waals surface area contributed by atoms with E-state index in [2.05, 4.69) is 11.8 Å². The molecule has 0 aliphatic carbocycles. The molecule has 2 heterocycles. The van der Waals surface area contributed by atoms with Crippen LogP contribution in [0.3, 0.4) is 0 Å². The third kappa shape index (κ3) is 1.99. The fourth-order valence-corrected chi connectivity index (χ4v) is 2.79. The van der Waals surface area contributed by atoms with Crippen molar-refractivity contribution < 1.29 is 4.79 Å². The number of rotatable bonds is 2. The van der Waals surface area contributed by atoms with Gasteiger partial charge >= 0.3 is 0 Å². The number of thioether (sulfide) groups is 1. The fourth-order valence-electron chi connectivity index (χ4n) is 1.98. The van der Waals surface area contributed by atoms with E-state index in [1.54, 1.807) is 0 Å². The normalized spacial score (nSPS) is 30.4. The lowest BCUT2D eigenvalue weighted by molar-refractivity contribution is 0.158. The number of hydrogen-bond acceptors (Lipinski definition) is 3. The third-order valence-corrected chi connectivity index (χ3v) is 3.78. The van der Waals surface area contributed by atoms with E-state index < -0.39 is 0 Å². The van der Waals surface area contributed by atoms with Gasteiger partial charge in [-0.1, -0.05) is 11.8 Å². The zero-order valence-electron chi connectivity index (χ0n) is 8.03. The highest BCUT2D eigenvalue weighted by atomic mass is 32.2. The number of hydrogen-bond donors (Lipinski definition) is 0. The Labute approximate surface area is 83.5 Å². The predicted octanol–water partition coefficient (Wildman–Crippen LogP) is 1.60. The Hall–Kier alpha value is -0.220. The third-order valence-electron chi connectivity index (χ3n) is 2.89. The van der Waals surface area contributed by atoms with Crippen LogP contribution in [0.25, 0.3) is 0 Å². The molecule has 1 amide bonds. The quantitative estimate of drug-likeness (QED) is 0.676. The SMILES string of the molecule is CC1CCCN1CN1CCSC1=O. The molecular formula is C9H16N2OS. The first-order chi connectivity index (χ1) is 6.27. The van der Waals surface area contributed by atoms with Crippen LogP contribution in [0.1, 0.15) is 19.8 Å². The highest BCUT2D eigenvalue weighted by Gasteiger charge is 2.27. The monoisotopic (exact) mass is 200 g/mol. The van der Waals surface area contributed by atoms with Gasteiger partial charge in [0.15, 0.2) is 0 Å². The Morgan fingerprint density at radius 3 is 2.92 bits per heavy atom. The maximum absolute atomic E-state index is 11.3. The maximum Gasteiger partial charge on any atom is 0.282 e. The van der Waals surface area contributed by atoms with Crippen LogP contribution in [-0.2, 0) is 0 Å². The molecule has 2 aliphatic heterocycles. The van der Waals surface area contributed by atoms with Crippen LogP contribution in [0.5, 0.6) is 0 Å². The zero-order valence-corrected chi connectivity index (χ0v) is 8.85. The molecule has 13 heavy (non-hydrogen) atoms. The molecule has 2 rings (SSSR count). The summed E-state index contributed by atoms with van der Waals surface area (Å²) in [5.41, 5.74) is 0. The number of nitrogens with zero attached hydrogens (tertiary/aromatic N) is 2. The highest BCUT2D eigenvalue weighted by Crippen LogP contribution is 2.21. The molecule has 3 nitrogen and oxygen atoms in total. The van der Waals surface area contributed by atoms with Crippen molar-refractivity contribution in [2.75, 3.05) is 25.5 Å². The van der Waals surface area contributed by atoms with Crippen molar-refractivity contribution in [2.45, 2.75) is 25.8 Å². The molecule has 0 saturated carbocycles. The van der Waals surface area contributed by atoms with Gasteiger partial charge < -0.3 is 4.90 Å². The van der Waals surface area contributed by atoms with Gasteiger partial charge in [-0.05, 0) is 19.8 Å². The van der Waals surface area contributed by atoms with Crippen molar-refractivity contribution in [1.82, 2.24) is 9.80 Å². The van der Waals surface area contributed by atoms with E-state index in [0.717, 1.165) is 25.5 Å². The Bertz CT molecular complexity index is 210. The lowest BCUT2D eigenvalue weighted by Gasteiger charge is -2.26. The van der Waals surface area contributed by atoms with E-state index in [4.69, 9.17) is 0 Å². The topological polar surface area (TPSA) is 23.6 Å². The lowest BCUT2D eigenvalue weighted by atomic mass is 10.2. The zero-order chi connectivity index (χ0) is 9.26. The van der Waals surface area contributed by atoms with Crippen molar-refractivity contribution in [1.29, 1.82) is 0 Å². The summed E-state index contributed by atoms with van der Waals surface area (Å²) in [6, 6.07) is 0.665. The molecule has 74 valence electrons. The number of likely N-dealkylation sites (tertiary alicyclic amines) is 1. The standard InChI is InChI=1S/C9H16N2OS/c1-8-3-2-4-10(8)7-11-5-6-13-9(11)12/h8H,2-7H2,1H3. The number of carbonyl (C=O) groups excluding carboxylic acids is 1. The second kappa shape index (κ2) is 3.88. The highest BCUT2D eigenvalue weighted by molar-refractivity contribution is 8.13. The molecule has 0 bridgehead atoms. The van der Waals surface area contributed by atoms with E-state index >= 15 is 0 Å². The van der Waals surface area contributed by atoms with E-state index in [0.29, 0.717) is 6.04 Å². The van der Waals surface area contributed by atoms with Gasteiger partial charge in [0, 0.05) is 24.9 Å². The minimum Gasteiger partial charge on any atom is -0.320 e. The predicted molar refractivity (Wildman–Crippen MR) is 54.8 cm³/mol. The van der Waals surface area contributed by atoms with Crippen molar-refractivity contribution in [3.05, 3.63) is 0 Å². The van der Waals surface area contributed by atoms with Gasteiger partial charge in [0.2, 0.25) is 0 Å². The first-order valence-corrected chi connectivity index (χ1v) is 5.91. The average molecular weight is 200 g/mol. The maximum atomic E-state index is 11.3. The summed E-state index contributed by atoms with van der Waals surface area (Å²) < 4.78 is 0. The summed E-state index contributed by atoms with van der Waals surface area (Å²) in [5.74, 6) is 0.973. The Kier molecular flexibility index (Phi) is 2.79. The van der Waals surface area contributed by atoms with Gasteiger partial charge in [-0.25, -0.2) is 0 Å². The van der Waals surface area contributed by atoms with E-state index in [1.165, 1.54) is 24.6 Å². The first-order valence-electron chi connectivity index (χ1n) is 4.93. The molecule has 2 fully saturated rings. The second-order valence-electron chi connectivity index (χ2n) is 3.82. The number of amides is 1. The van der Waals surface area contributed by atoms with Gasteiger partial charge in [0.25, 0.3) is 5.24 Å². The molecule has 4 heteroatoms. The van der Waals surface area contributed by atoms with E-state index in [-0.39, 0.29) is 5.24 Å².